The number of amides is 1. The van der Waals surface area contributed by atoms with Gasteiger partial charge in [-0.2, -0.15) is 0 Å². The molecule has 6 heteroatoms. The van der Waals surface area contributed by atoms with Crippen molar-refractivity contribution >= 4 is 34.1 Å². The molecule has 0 aliphatic rings. The molecule has 0 bridgehead atoms. The minimum atomic E-state index is -0.384. The zero-order chi connectivity index (χ0) is 19.5. The summed E-state index contributed by atoms with van der Waals surface area (Å²) in [6.45, 7) is 3.84. The Kier molecular flexibility index (Phi) is 5.12. The van der Waals surface area contributed by atoms with E-state index in [4.69, 9.17) is 4.42 Å². The van der Waals surface area contributed by atoms with Crippen LogP contribution < -0.4 is 5.32 Å². The summed E-state index contributed by atoms with van der Waals surface area (Å²) in [7, 11) is 0. The van der Waals surface area contributed by atoms with E-state index >= 15 is 0 Å². The van der Waals surface area contributed by atoms with E-state index in [2.05, 4.69) is 15.5 Å². The van der Waals surface area contributed by atoms with Crippen LogP contribution in [0.25, 0.3) is 22.2 Å². The van der Waals surface area contributed by atoms with Crippen LogP contribution in [0, 0.1) is 6.92 Å². The molecule has 0 aliphatic carbocycles. The van der Waals surface area contributed by atoms with E-state index in [0.717, 1.165) is 27.6 Å². The lowest BCUT2D eigenvalue weighted by atomic mass is 10.1. The Morgan fingerprint density at radius 3 is 2.57 bits per heavy atom. The molecule has 0 saturated carbocycles. The van der Waals surface area contributed by atoms with Crippen LogP contribution in [-0.2, 0) is 4.79 Å². The number of rotatable bonds is 5. The number of carbonyl (C=O) groups is 1. The van der Waals surface area contributed by atoms with Gasteiger partial charge >= 0.3 is 0 Å². The summed E-state index contributed by atoms with van der Waals surface area (Å²) in [6.07, 6.45) is 0. The highest BCUT2D eigenvalue weighted by molar-refractivity contribution is 8.00. The first-order valence-corrected chi connectivity index (χ1v) is 9.84. The molecule has 1 unspecified atom stereocenters. The van der Waals surface area contributed by atoms with Crippen molar-refractivity contribution in [2.75, 3.05) is 5.32 Å². The quantitative estimate of drug-likeness (QED) is 0.468. The molecule has 0 aliphatic heterocycles. The molecule has 1 heterocycles. The Bertz CT molecular complexity index is 1120. The third-order valence-corrected chi connectivity index (χ3v) is 5.33. The largest absolute Gasteiger partial charge is 0.411 e. The van der Waals surface area contributed by atoms with Crippen LogP contribution in [0.2, 0.25) is 0 Å². The predicted octanol–water partition coefficient (Wildman–Crippen LogP) is 5.32. The molecule has 0 spiro atoms. The summed E-state index contributed by atoms with van der Waals surface area (Å²) in [5.74, 6) is 0.334. The molecular formula is C22H19N3O2S. The van der Waals surface area contributed by atoms with Crippen molar-refractivity contribution in [1.29, 1.82) is 0 Å². The van der Waals surface area contributed by atoms with E-state index in [9.17, 15) is 4.79 Å². The van der Waals surface area contributed by atoms with Crippen LogP contribution in [0.4, 0.5) is 5.69 Å². The van der Waals surface area contributed by atoms with Gasteiger partial charge in [0.1, 0.15) is 0 Å². The maximum atomic E-state index is 12.7. The third-order valence-electron chi connectivity index (χ3n) is 4.40. The Morgan fingerprint density at radius 2 is 1.75 bits per heavy atom. The molecule has 0 fully saturated rings. The number of nitrogens with zero attached hydrogens (tertiary/aromatic N) is 2. The number of hydrogen-bond acceptors (Lipinski definition) is 5. The van der Waals surface area contributed by atoms with Crippen molar-refractivity contribution in [3.05, 3.63) is 72.3 Å². The van der Waals surface area contributed by atoms with Crippen LogP contribution >= 0.6 is 11.8 Å². The summed E-state index contributed by atoms with van der Waals surface area (Å²) in [4.78, 5) is 12.7. The fraction of sp³-hybridized carbons (Fsp3) is 0.136. The molecule has 1 atom stereocenters. The van der Waals surface area contributed by atoms with E-state index in [1.165, 1.54) is 11.8 Å². The highest BCUT2D eigenvalue weighted by atomic mass is 32.2. The van der Waals surface area contributed by atoms with Gasteiger partial charge in [-0.1, -0.05) is 65.9 Å². The number of thioether (sulfide) groups is 1. The van der Waals surface area contributed by atoms with Gasteiger partial charge in [-0.25, -0.2) is 0 Å². The average Bonchev–Trinajstić information content (AvgIpc) is 3.17. The number of aromatic nitrogens is 2. The first kappa shape index (κ1) is 18.3. The number of anilines is 1. The zero-order valence-electron chi connectivity index (χ0n) is 15.5. The number of aryl methyl sites for hydroxylation is 1. The minimum Gasteiger partial charge on any atom is -0.411 e. The average molecular weight is 389 g/mol. The van der Waals surface area contributed by atoms with Gasteiger partial charge in [0.05, 0.1) is 5.25 Å². The van der Waals surface area contributed by atoms with Crippen LogP contribution in [0.1, 0.15) is 12.5 Å². The molecular weight excluding hydrogens is 370 g/mol. The Hall–Kier alpha value is -3.12. The molecule has 5 nitrogen and oxygen atoms in total. The smallest absolute Gasteiger partial charge is 0.277 e. The number of nitrogens with one attached hydrogen (secondary N) is 1. The van der Waals surface area contributed by atoms with Crippen LogP contribution in [0.15, 0.2) is 76.4 Å². The van der Waals surface area contributed by atoms with Crippen molar-refractivity contribution < 1.29 is 9.21 Å². The van der Waals surface area contributed by atoms with E-state index in [1.54, 1.807) is 0 Å². The molecule has 140 valence electrons. The first-order chi connectivity index (χ1) is 13.6. The summed E-state index contributed by atoms with van der Waals surface area (Å²) in [6, 6.07) is 21.7. The lowest BCUT2D eigenvalue weighted by Crippen LogP contribution is -2.22. The highest BCUT2D eigenvalue weighted by Gasteiger charge is 2.19. The maximum Gasteiger partial charge on any atom is 0.277 e. The Morgan fingerprint density at radius 1 is 1.00 bits per heavy atom. The summed E-state index contributed by atoms with van der Waals surface area (Å²) < 4.78 is 5.71. The molecule has 4 rings (SSSR count). The van der Waals surface area contributed by atoms with Gasteiger partial charge in [-0.05, 0) is 37.4 Å². The monoisotopic (exact) mass is 389 g/mol. The zero-order valence-corrected chi connectivity index (χ0v) is 16.4. The van der Waals surface area contributed by atoms with Gasteiger partial charge < -0.3 is 9.73 Å². The molecule has 0 radical (unpaired) electrons. The fourth-order valence-electron chi connectivity index (χ4n) is 2.84. The highest BCUT2D eigenvalue weighted by Crippen LogP contribution is 2.28. The second-order valence-corrected chi connectivity index (χ2v) is 7.81. The van der Waals surface area contributed by atoms with Crippen molar-refractivity contribution in [3.63, 3.8) is 0 Å². The van der Waals surface area contributed by atoms with E-state index in [-0.39, 0.29) is 11.2 Å². The summed E-state index contributed by atoms with van der Waals surface area (Å²) in [5.41, 5.74) is 2.82. The molecule has 28 heavy (non-hydrogen) atoms. The van der Waals surface area contributed by atoms with Crippen molar-refractivity contribution in [2.45, 2.75) is 24.3 Å². The van der Waals surface area contributed by atoms with Gasteiger partial charge in [0, 0.05) is 16.6 Å². The summed E-state index contributed by atoms with van der Waals surface area (Å²) >= 11 is 1.24. The number of hydrogen-bond donors (Lipinski definition) is 1. The Balaban J connectivity index is 1.45. The first-order valence-electron chi connectivity index (χ1n) is 8.96. The topological polar surface area (TPSA) is 68.0 Å². The van der Waals surface area contributed by atoms with Gasteiger partial charge in [0.25, 0.3) is 5.22 Å². The number of fused-ring (bicyclic) bond motifs is 1. The third kappa shape index (κ3) is 3.92. The van der Waals surface area contributed by atoms with Crippen molar-refractivity contribution in [2.24, 2.45) is 0 Å². The van der Waals surface area contributed by atoms with Gasteiger partial charge in [-0.15, -0.1) is 10.2 Å². The minimum absolute atomic E-state index is 0.114. The normalized spacial score (nSPS) is 12.1. The van der Waals surface area contributed by atoms with Crippen LogP contribution in [0.3, 0.4) is 0 Å². The molecule has 1 N–H and O–H groups in total. The predicted molar refractivity (Wildman–Crippen MR) is 112 cm³/mol. The van der Waals surface area contributed by atoms with E-state index < -0.39 is 0 Å². The molecule has 1 aromatic heterocycles. The standard InChI is InChI=1S/C22H19N3O2S/c1-14-10-12-17(13-11-14)21-24-25-22(27-21)28-15(2)20(26)23-19-9-5-7-16-6-3-4-8-18(16)19/h3-13,15H,1-2H3,(H,23,26). The van der Waals surface area contributed by atoms with E-state index in [0.29, 0.717) is 11.1 Å². The van der Waals surface area contributed by atoms with Gasteiger partial charge in [0.15, 0.2) is 0 Å². The number of carbonyl (C=O) groups excluding carboxylic acids is 1. The SMILES string of the molecule is Cc1ccc(-c2nnc(SC(C)C(=O)Nc3cccc4ccccc34)o2)cc1. The molecule has 3 aromatic carbocycles. The molecule has 4 aromatic rings. The lowest BCUT2D eigenvalue weighted by Gasteiger charge is -2.12. The lowest BCUT2D eigenvalue weighted by molar-refractivity contribution is -0.115. The van der Waals surface area contributed by atoms with Gasteiger partial charge in [-0.3, -0.25) is 4.79 Å². The van der Waals surface area contributed by atoms with E-state index in [1.807, 2.05) is 80.6 Å². The molecule has 0 saturated heterocycles. The van der Waals surface area contributed by atoms with Crippen LogP contribution in [-0.4, -0.2) is 21.4 Å². The van der Waals surface area contributed by atoms with Gasteiger partial charge in [0.2, 0.25) is 11.8 Å². The maximum absolute atomic E-state index is 12.7. The second-order valence-electron chi connectivity index (χ2n) is 6.52. The Labute approximate surface area is 167 Å². The van der Waals surface area contributed by atoms with Crippen LogP contribution in [0.5, 0.6) is 0 Å². The fourth-order valence-corrected chi connectivity index (χ4v) is 3.53. The van der Waals surface area contributed by atoms with Crippen molar-refractivity contribution in [1.82, 2.24) is 10.2 Å². The number of benzene rings is 3. The second kappa shape index (κ2) is 7.86. The van der Waals surface area contributed by atoms with Crippen molar-refractivity contribution in [3.8, 4) is 11.5 Å². The molecule has 1 amide bonds. The summed E-state index contributed by atoms with van der Waals surface area (Å²) in [5, 5.41) is 13.2.